The molecule has 8 nitrogen and oxygen atoms in total. The van der Waals surface area contributed by atoms with Crippen molar-refractivity contribution in [3.8, 4) is 0 Å². The van der Waals surface area contributed by atoms with E-state index in [1.54, 1.807) is 0 Å². The molecule has 1 fully saturated rings. The van der Waals surface area contributed by atoms with Crippen LogP contribution in [0.5, 0.6) is 0 Å². The van der Waals surface area contributed by atoms with E-state index >= 15 is 0 Å². The van der Waals surface area contributed by atoms with Crippen LogP contribution in [-0.4, -0.2) is 35.3 Å². The summed E-state index contributed by atoms with van der Waals surface area (Å²) in [6, 6.07) is 4.84. The minimum absolute atomic E-state index is 0.000939. The normalized spacial score (nSPS) is 17.2. The van der Waals surface area contributed by atoms with E-state index in [1.807, 2.05) is 6.92 Å². The quantitative estimate of drug-likeness (QED) is 0.694. The zero-order chi connectivity index (χ0) is 18.6. The number of carboxylic acids is 1. The number of benzene rings is 1. The highest BCUT2D eigenvalue weighted by Gasteiger charge is 2.41. The average Bonchev–Trinajstić information content (AvgIpc) is 2.54. The second-order valence-corrected chi connectivity index (χ2v) is 5.59. The van der Waals surface area contributed by atoms with Gasteiger partial charge < -0.3 is 15.2 Å². The number of anilines is 1. The Morgan fingerprint density at radius 3 is 2.48 bits per heavy atom. The van der Waals surface area contributed by atoms with Gasteiger partial charge in [0.05, 0.1) is 5.97 Å². The van der Waals surface area contributed by atoms with Crippen LogP contribution in [0.2, 0.25) is 0 Å². The van der Waals surface area contributed by atoms with E-state index in [0.717, 1.165) is 11.3 Å². The largest absolute Gasteiger partial charge is 0.545 e. The van der Waals surface area contributed by atoms with Crippen LogP contribution < -0.4 is 15.7 Å². The molecule has 0 spiro atoms. The molecule has 0 aromatic heterocycles. The summed E-state index contributed by atoms with van der Waals surface area (Å²) in [5.41, 5.74) is 0.546. The Morgan fingerprint density at radius 2 is 1.92 bits per heavy atom. The highest BCUT2D eigenvalue weighted by Crippen LogP contribution is 2.21. The second kappa shape index (κ2) is 7.61. The predicted octanol–water partition coefficient (Wildman–Crippen LogP) is 0.470. The van der Waals surface area contributed by atoms with Gasteiger partial charge in [-0.05, 0) is 24.1 Å². The van der Waals surface area contributed by atoms with E-state index in [0.29, 0.717) is 12.1 Å². The summed E-state index contributed by atoms with van der Waals surface area (Å²) in [7, 11) is 0. The molecule has 25 heavy (non-hydrogen) atoms. The van der Waals surface area contributed by atoms with E-state index in [-0.39, 0.29) is 17.8 Å². The van der Waals surface area contributed by atoms with Crippen molar-refractivity contribution in [2.45, 2.75) is 19.8 Å². The first-order chi connectivity index (χ1) is 11.8. The molecule has 2 rings (SSSR count). The molecule has 0 aliphatic carbocycles. The molecular formula is C17H18N3O5-. The maximum atomic E-state index is 12.5. The number of urea groups is 1. The average molecular weight is 344 g/mol. The molecule has 1 aromatic carbocycles. The third kappa shape index (κ3) is 4.03. The van der Waals surface area contributed by atoms with Gasteiger partial charge in [-0.2, -0.15) is 0 Å². The number of amides is 4. The van der Waals surface area contributed by atoms with Gasteiger partial charge in [0, 0.05) is 17.9 Å². The van der Waals surface area contributed by atoms with Crippen molar-refractivity contribution < 1.29 is 24.3 Å². The summed E-state index contributed by atoms with van der Waals surface area (Å²) in [5.74, 6) is -3.93. The molecule has 1 atom stereocenters. The van der Waals surface area contributed by atoms with Crippen molar-refractivity contribution in [1.29, 1.82) is 0 Å². The minimum Gasteiger partial charge on any atom is -0.545 e. The van der Waals surface area contributed by atoms with E-state index in [9.17, 15) is 24.3 Å². The molecule has 1 aliphatic heterocycles. The molecule has 0 radical (unpaired) electrons. The van der Waals surface area contributed by atoms with Crippen molar-refractivity contribution in [2.75, 3.05) is 11.9 Å². The van der Waals surface area contributed by atoms with Crippen molar-refractivity contribution in [2.24, 2.45) is 5.92 Å². The van der Waals surface area contributed by atoms with Gasteiger partial charge in [0.15, 0.2) is 5.92 Å². The smallest absolute Gasteiger partial charge is 0.330 e. The lowest BCUT2D eigenvalue weighted by Crippen LogP contribution is -2.58. The van der Waals surface area contributed by atoms with Gasteiger partial charge >= 0.3 is 6.03 Å². The summed E-state index contributed by atoms with van der Waals surface area (Å²) < 4.78 is 0. The first kappa shape index (κ1) is 18.2. The van der Waals surface area contributed by atoms with Gasteiger partial charge in [-0.3, -0.25) is 19.8 Å². The van der Waals surface area contributed by atoms with E-state index in [2.05, 4.69) is 17.2 Å². The number of carbonyl (C=O) groups excluding carboxylic acids is 4. The first-order valence-corrected chi connectivity index (χ1v) is 7.78. The third-order valence-corrected chi connectivity index (χ3v) is 3.76. The highest BCUT2D eigenvalue weighted by atomic mass is 16.4. The number of carbonyl (C=O) groups is 4. The predicted molar refractivity (Wildman–Crippen MR) is 87.2 cm³/mol. The Morgan fingerprint density at radius 1 is 1.28 bits per heavy atom. The topological polar surface area (TPSA) is 119 Å². The number of aromatic carboxylic acids is 1. The Labute approximate surface area is 144 Å². The third-order valence-electron chi connectivity index (χ3n) is 3.76. The van der Waals surface area contributed by atoms with Crippen molar-refractivity contribution in [3.05, 3.63) is 42.1 Å². The molecule has 1 aliphatic rings. The summed E-state index contributed by atoms with van der Waals surface area (Å²) >= 11 is 0. The van der Waals surface area contributed by atoms with Crippen LogP contribution in [-0.2, 0) is 9.59 Å². The van der Waals surface area contributed by atoms with Crippen molar-refractivity contribution >= 4 is 29.5 Å². The zero-order valence-electron chi connectivity index (χ0n) is 13.7. The maximum absolute atomic E-state index is 12.5. The molecule has 0 saturated carbocycles. The fourth-order valence-corrected chi connectivity index (χ4v) is 2.40. The zero-order valence-corrected chi connectivity index (χ0v) is 13.7. The lowest BCUT2D eigenvalue weighted by Gasteiger charge is -2.31. The molecule has 4 amide bonds. The van der Waals surface area contributed by atoms with E-state index < -0.39 is 29.7 Å². The standard InChI is InChI=1S/C17H19N3O5/c1-3-4-9-20-15(22)13(14(21)19-17(20)25)10(2)18-12-7-5-11(6-8-12)16(23)24/h5-8,13,18H,2-4,9H2,1H3,(H,23,24)(H,19,21,25)/p-1/t13-/m1/s1. The molecular weight excluding hydrogens is 326 g/mol. The molecule has 8 heteroatoms. The molecule has 1 heterocycles. The SMILES string of the molecule is C=C(Nc1ccc(C(=O)[O-])cc1)[C@@H]1C(=O)NC(=O)N(CCCC)C1=O. The number of rotatable bonds is 7. The second-order valence-electron chi connectivity index (χ2n) is 5.59. The monoisotopic (exact) mass is 344 g/mol. The molecule has 2 N–H and O–H groups in total. The Bertz CT molecular complexity index is 726. The molecule has 0 bridgehead atoms. The van der Waals surface area contributed by atoms with Crippen LogP contribution in [0.25, 0.3) is 0 Å². The minimum atomic E-state index is -1.31. The van der Waals surface area contributed by atoms with Gasteiger partial charge in [0.25, 0.3) is 0 Å². The highest BCUT2D eigenvalue weighted by molar-refractivity contribution is 6.17. The van der Waals surface area contributed by atoms with E-state index in [1.165, 1.54) is 24.3 Å². The Balaban J connectivity index is 2.13. The lowest BCUT2D eigenvalue weighted by atomic mass is 10.0. The van der Waals surface area contributed by atoms with Gasteiger partial charge in [0.1, 0.15) is 0 Å². The number of carboxylic acid groups (broad SMARTS) is 1. The van der Waals surface area contributed by atoms with Crippen LogP contribution in [0.15, 0.2) is 36.5 Å². The van der Waals surface area contributed by atoms with Gasteiger partial charge in [-0.15, -0.1) is 0 Å². The first-order valence-electron chi connectivity index (χ1n) is 7.78. The summed E-state index contributed by atoms with van der Waals surface area (Å²) in [5, 5.41) is 15.7. The van der Waals surface area contributed by atoms with Crippen LogP contribution in [0.3, 0.4) is 0 Å². The summed E-state index contributed by atoms with van der Waals surface area (Å²) in [4.78, 5) is 48.1. The van der Waals surface area contributed by atoms with Gasteiger partial charge in [-0.1, -0.05) is 32.1 Å². The van der Waals surface area contributed by atoms with Crippen LogP contribution >= 0.6 is 0 Å². The molecule has 0 unspecified atom stereocenters. The number of hydrogen-bond donors (Lipinski definition) is 2. The van der Waals surface area contributed by atoms with E-state index in [4.69, 9.17) is 0 Å². The summed E-state index contributed by atoms with van der Waals surface area (Å²) in [6.07, 6.45) is 1.42. The van der Waals surface area contributed by atoms with Gasteiger partial charge in [-0.25, -0.2) is 4.79 Å². The number of imide groups is 2. The number of barbiturate groups is 1. The molecule has 1 aromatic rings. The number of nitrogens with zero attached hydrogens (tertiary/aromatic N) is 1. The fourth-order valence-electron chi connectivity index (χ4n) is 2.40. The van der Waals surface area contributed by atoms with Crippen molar-refractivity contribution in [1.82, 2.24) is 10.2 Å². The molecule has 132 valence electrons. The number of nitrogens with one attached hydrogen (secondary N) is 2. The number of unbranched alkanes of at least 4 members (excludes halogenated alkanes) is 1. The Kier molecular flexibility index (Phi) is 5.53. The van der Waals surface area contributed by atoms with Crippen molar-refractivity contribution in [3.63, 3.8) is 0 Å². The summed E-state index contributed by atoms with van der Waals surface area (Å²) in [6.45, 7) is 5.86. The Hall–Kier alpha value is -3.16. The number of hydrogen-bond acceptors (Lipinski definition) is 6. The van der Waals surface area contributed by atoms with Crippen LogP contribution in [0, 0.1) is 5.92 Å². The van der Waals surface area contributed by atoms with Gasteiger partial charge in [0.2, 0.25) is 11.8 Å². The lowest BCUT2D eigenvalue weighted by molar-refractivity contribution is -0.255. The van der Waals surface area contributed by atoms with Crippen LogP contribution in [0.4, 0.5) is 10.5 Å². The fraction of sp³-hybridized carbons (Fsp3) is 0.294. The van der Waals surface area contributed by atoms with Crippen LogP contribution in [0.1, 0.15) is 30.1 Å². The molecule has 1 saturated heterocycles. The maximum Gasteiger partial charge on any atom is 0.330 e.